The summed E-state index contributed by atoms with van der Waals surface area (Å²) in [6.07, 6.45) is 1.06. The van der Waals surface area contributed by atoms with Crippen molar-refractivity contribution < 1.29 is 32.5 Å². The molecule has 0 aliphatic carbocycles. The largest absolute Gasteiger partial charge is 0.487 e. The Morgan fingerprint density at radius 1 is 1.24 bits per heavy atom. The minimum absolute atomic E-state index is 0.00242. The number of likely N-dealkylation sites (tertiary alicyclic amines) is 2. The number of ether oxygens (including phenoxy) is 4. The Morgan fingerprint density at radius 3 is 2.73 bits per heavy atom. The summed E-state index contributed by atoms with van der Waals surface area (Å²) in [4.78, 5) is 29.3. The fraction of sp³-hybridized carbons (Fsp3) is 0.455. The van der Waals surface area contributed by atoms with Gasteiger partial charge < -0.3 is 34.9 Å². The molecule has 0 spiro atoms. The van der Waals surface area contributed by atoms with Crippen molar-refractivity contribution in [3.8, 4) is 28.8 Å². The summed E-state index contributed by atoms with van der Waals surface area (Å²) in [5.41, 5.74) is 5.99. The molecular formula is C33H32ClF2N7O5S. The van der Waals surface area contributed by atoms with Crippen LogP contribution in [0, 0.1) is 24.1 Å². The highest BCUT2D eigenvalue weighted by Crippen LogP contribution is 2.52. The fourth-order valence-corrected chi connectivity index (χ4v) is 8.35. The smallest absolute Gasteiger partial charge is 0.320 e. The molecule has 3 N–H and O–H groups in total. The van der Waals surface area contributed by atoms with E-state index in [0.29, 0.717) is 26.3 Å². The lowest BCUT2D eigenvalue weighted by Gasteiger charge is -2.43. The molecule has 16 heteroatoms. The van der Waals surface area contributed by atoms with Crippen LogP contribution < -0.4 is 25.3 Å². The number of likely N-dealkylation sites (N-methyl/N-ethyl adjacent to an activating group) is 1. The normalized spacial score (nSPS) is 21.8. The number of fused-ring (bicyclic) bond motifs is 1. The summed E-state index contributed by atoms with van der Waals surface area (Å²) >= 11 is 7.91. The number of nitrogens with zero attached hydrogens (tertiary/aromatic N) is 5. The van der Waals surface area contributed by atoms with Crippen LogP contribution in [0.2, 0.25) is 5.02 Å². The predicted molar refractivity (Wildman–Crippen MR) is 180 cm³/mol. The SMILES string of the molecule is [C-]#[N+]c1c(N)sc2c(F)ccc(-c3c(Cl)c4c5c(nc(O[C@@H](C)[C@@H]6CCCN6C)nc5c3F)OC(C3CN(C(=O)NC5COC5)C3)CO4)c12. The number of hydrogen-bond acceptors (Lipinski definition) is 10. The topological polar surface area (TPSA) is 129 Å². The lowest BCUT2D eigenvalue weighted by Crippen LogP contribution is -2.62. The van der Waals surface area contributed by atoms with Crippen molar-refractivity contribution in [3.63, 3.8) is 0 Å². The van der Waals surface area contributed by atoms with Gasteiger partial charge in [0, 0.05) is 36.0 Å². The van der Waals surface area contributed by atoms with E-state index in [-0.39, 0.29) is 102 Å². The Hall–Kier alpha value is -4.23. The maximum atomic E-state index is 17.0. The van der Waals surface area contributed by atoms with Crippen LogP contribution >= 0.6 is 22.9 Å². The zero-order chi connectivity index (χ0) is 34.1. The number of nitrogen functional groups attached to an aromatic ring is 1. The van der Waals surface area contributed by atoms with Crippen molar-refractivity contribution in [3.05, 3.63) is 40.2 Å². The molecular weight excluding hydrogens is 680 g/mol. The molecule has 12 nitrogen and oxygen atoms in total. The monoisotopic (exact) mass is 711 g/mol. The molecule has 4 aliphatic rings. The van der Waals surface area contributed by atoms with E-state index in [9.17, 15) is 9.18 Å². The molecule has 3 atom stereocenters. The molecule has 2 aromatic carbocycles. The average Bonchev–Trinajstić information content (AvgIpc) is 3.55. The second-order valence-electron chi connectivity index (χ2n) is 12.9. The van der Waals surface area contributed by atoms with Gasteiger partial charge in [-0.15, -0.1) is 11.3 Å². The molecule has 3 fully saturated rings. The van der Waals surface area contributed by atoms with Gasteiger partial charge >= 0.3 is 12.0 Å². The minimum Gasteiger partial charge on any atom is -0.487 e. The number of hydrogen-bond donors (Lipinski definition) is 2. The van der Waals surface area contributed by atoms with Crippen LogP contribution in [0.15, 0.2) is 12.1 Å². The third-order valence-corrected chi connectivity index (χ3v) is 11.2. The Kier molecular flexibility index (Phi) is 8.02. The van der Waals surface area contributed by atoms with Crippen LogP contribution in [-0.2, 0) is 4.74 Å². The molecule has 6 heterocycles. The van der Waals surface area contributed by atoms with E-state index in [0.717, 1.165) is 30.7 Å². The first-order valence-electron chi connectivity index (χ1n) is 16.0. The number of anilines is 1. The summed E-state index contributed by atoms with van der Waals surface area (Å²) in [6.45, 7) is 12.4. The molecule has 49 heavy (non-hydrogen) atoms. The lowest BCUT2D eigenvalue weighted by molar-refractivity contribution is -0.0139. The molecule has 4 aliphatic heterocycles. The maximum Gasteiger partial charge on any atom is 0.320 e. The maximum absolute atomic E-state index is 17.0. The zero-order valence-electron chi connectivity index (χ0n) is 26.6. The Balaban J connectivity index is 1.22. The van der Waals surface area contributed by atoms with E-state index in [1.807, 2.05) is 14.0 Å². The van der Waals surface area contributed by atoms with E-state index in [1.165, 1.54) is 12.1 Å². The molecule has 2 aromatic heterocycles. The van der Waals surface area contributed by atoms with Crippen LogP contribution in [0.25, 0.3) is 37.0 Å². The number of carbonyl (C=O) groups is 1. The number of nitrogens with one attached hydrogen (secondary N) is 1. The fourth-order valence-electron chi connectivity index (χ4n) is 7.07. The first-order chi connectivity index (χ1) is 23.6. The van der Waals surface area contributed by atoms with Crippen LogP contribution in [0.1, 0.15) is 19.8 Å². The lowest BCUT2D eigenvalue weighted by atomic mass is 9.94. The van der Waals surface area contributed by atoms with Crippen molar-refractivity contribution >= 4 is 60.6 Å². The van der Waals surface area contributed by atoms with E-state index in [4.69, 9.17) is 42.9 Å². The number of thiophene rings is 1. The van der Waals surface area contributed by atoms with Gasteiger partial charge in [-0.2, -0.15) is 9.97 Å². The van der Waals surface area contributed by atoms with Gasteiger partial charge in [0.25, 0.3) is 0 Å². The number of amides is 2. The first-order valence-corrected chi connectivity index (χ1v) is 17.2. The summed E-state index contributed by atoms with van der Waals surface area (Å²) in [7, 11) is 2.03. The number of benzene rings is 2. The van der Waals surface area contributed by atoms with Gasteiger partial charge in [0.05, 0.1) is 40.6 Å². The minimum atomic E-state index is -0.839. The van der Waals surface area contributed by atoms with Gasteiger partial charge in [-0.05, 0) is 45.0 Å². The number of urea groups is 1. The molecule has 0 bridgehead atoms. The highest BCUT2D eigenvalue weighted by molar-refractivity contribution is 7.23. The molecule has 0 saturated carbocycles. The van der Waals surface area contributed by atoms with E-state index < -0.39 is 17.7 Å². The van der Waals surface area contributed by atoms with Crippen molar-refractivity contribution in [1.82, 2.24) is 25.1 Å². The quantitative estimate of drug-likeness (QED) is 0.245. The van der Waals surface area contributed by atoms with Crippen molar-refractivity contribution in [2.45, 2.75) is 44.1 Å². The molecule has 0 radical (unpaired) electrons. The van der Waals surface area contributed by atoms with Crippen LogP contribution in [0.4, 0.5) is 24.3 Å². The third kappa shape index (κ3) is 5.32. The van der Waals surface area contributed by atoms with Gasteiger partial charge in [-0.3, -0.25) is 4.90 Å². The van der Waals surface area contributed by atoms with Gasteiger partial charge in [-0.1, -0.05) is 17.7 Å². The van der Waals surface area contributed by atoms with Crippen molar-refractivity contribution in [2.75, 3.05) is 52.2 Å². The third-order valence-electron chi connectivity index (χ3n) is 9.86. The van der Waals surface area contributed by atoms with E-state index >= 15 is 4.39 Å². The number of carbonyl (C=O) groups excluding carboxylic acids is 1. The summed E-state index contributed by atoms with van der Waals surface area (Å²) in [6, 6.07) is 2.41. The van der Waals surface area contributed by atoms with Gasteiger partial charge in [0.1, 0.15) is 35.5 Å². The van der Waals surface area contributed by atoms with Gasteiger partial charge in [-0.25, -0.2) is 18.4 Å². The van der Waals surface area contributed by atoms with Crippen molar-refractivity contribution in [1.29, 1.82) is 0 Å². The van der Waals surface area contributed by atoms with Gasteiger partial charge in [0.15, 0.2) is 11.6 Å². The first kappa shape index (κ1) is 32.0. The summed E-state index contributed by atoms with van der Waals surface area (Å²) < 4.78 is 56.3. The van der Waals surface area contributed by atoms with Crippen LogP contribution in [0.3, 0.4) is 0 Å². The number of aromatic nitrogens is 2. The average molecular weight is 712 g/mol. The number of nitrogens with two attached hydrogens (primary N) is 1. The highest BCUT2D eigenvalue weighted by atomic mass is 35.5. The standard InChI is InChI=1S/C33H32ClF2N7O5S/c1-14(19-5-4-8-42(19)3)47-32-40-26-23-28(24(34)21(25(26)36)17-6-7-18(35)29-22(17)27(38-2)30(37)49-29)46-13-20(48-31(23)41-32)15-9-43(10-15)33(44)39-16-11-45-12-16/h6-7,14-16,19-20H,4-5,8-13,37H2,1,3H3,(H,39,44)/t14-,19-,20?/m0/s1. The molecule has 1 unspecified atom stereocenters. The predicted octanol–water partition coefficient (Wildman–Crippen LogP) is 5.62. The molecule has 8 rings (SSSR count). The number of rotatable bonds is 6. The van der Waals surface area contributed by atoms with Crippen LogP contribution in [0.5, 0.6) is 17.6 Å². The van der Waals surface area contributed by atoms with Crippen LogP contribution in [-0.4, -0.2) is 96.6 Å². The van der Waals surface area contributed by atoms with Gasteiger partial charge in [0.2, 0.25) is 11.6 Å². The Bertz CT molecular complexity index is 2050. The Morgan fingerprint density at radius 2 is 2.04 bits per heavy atom. The molecule has 3 saturated heterocycles. The molecule has 2 amide bonds. The number of halogens is 3. The summed E-state index contributed by atoms with van der Waals surface area (Å²) in [5.74, 6) is -1.42. The molecule has 4 aromatic rings. The molecule has 256 valence electrons. The van der Waals surface area contributed by atoms with E-state index in [1.54, 1.807) is 4.90 Å². The summed E-state index contributed by atoms with van der Waals surface area (Å²) in [5, 5.41) is 3.21. The van der Waals surface area contributed by atoms with E-state index in [2.05, 4.69) is 25.0 Å². The zero-order valence-corrected chi connectivity index (χ0v) is 28.2. The Labute approximate surface area is 288 Å². The highest BCUT2D eigenvalue weighted by Gasteiger charge is 2.42. The second-order valence-corrected chi connectivity index (χ2v) is 14.4. The van der Waals surface area contributed by atoms with Crippen molar-refractivity contribution in [2.24, 2.45) is 5.92 Å². The second kappa shape index (κ2) is 12.3.